The molecule has 0 unspecified atom stereocenters. The Kier molecular flexibility index (Phi) is 2.73. The second-order valence-electron chi connectivity index (χ2n) is 3.90. The first-order valence-electron chi connectivity index (χ1n) is 5.08. The van der Waals surface area contributed by atoms with Crippen LogP contribution < -0.4 is 0 Å². The molecule has 0 fully saturated rings. The number of nitrogens with zero attached hydrogens (tertiary/aromatic N) is 2. The SMILES string of the molecule is CC(C)n1ccc(-c2ccc(F)c(F)c2)n1. The Morgan fingerprint density at radius 2 is 1.88 bits per heavy atom. The molecule has 2 nitrogen and oxygen atoms in total. The minimum absolute atomic E-state index is 0.249. The lowest BCUT2D eigenvalue weighted by atomic mass is 10.1. The van der Waals surface area contributed by atoms with Crippen molar-refractivity contribution < 1.29 is 8.78 Å². The zero-order valence-corrected chi connectivity index (χ0v) is 9.11. The zero-order chi connectivity index (χ0) is 11.7. The average Bonchev–Trinajstić information content (AvgIpc) is 2.71. The van der Waals surface area contributed by atoms with E-state index in [4.69, 9.17) is 0 Å². The fourth-order valence-corrected chi connectivity index (χ4v) is 1.44. The lowest BCUT2D eigenvalue weighted by Gasteiger charge is -2.03. The van der Waals surface area contributed by atoms with Crippen LogP contribution in [0.5, 0.6) is 0 Å². The highest BCUT2D eigenvalue weighted by Gasteiger charge is 2.07. The van der Waals surface area contributed by atoms with Gasteiger partial charge in [0, 0.05) is 17.8 Å². The Hall–Kier alpha value is -1.71. The molecule has 0 aliphatic heterocycles. The predicted octanol–water partition coefficient (Wildman–Crippen LogP) is 3.41. The lowest BCUT2D eigenvalue weighted by molar-refractivity contribution is 0.508. The summed E-state index contributed by atoms with van der Waals surface area (Å²) in [7, 11) is 0. The normalized spacial score (nSPS) is 11.1. The second-order valence-corrected chi connectivity index (χ2v) is 3.90. The Morgan fingerprint density at radius 3 is 2.44 bits per heavy atom. The van der Waals surface area contributed by atoms with Crippen LogP contribution in [0.4, 0.5) is 8.78 Å². The minimum atomic E-state index is -0.850. The van der Waals surface area contributed by atoms with E-state index in [9.17, 15) is 8.78 Å². The maximum atomic E-state index is 13.0. The van der Waals surface area contributed by atoms with Crippen LogP contribution in [0.1, 0.15) is 19.9 Å². The smallest absolute Gasteiger partial charge is 0.159 e. The summed E-state index contributed by atoms with van der Waals surface area (Å²) in [6.07, 6.45) is 1.82. The van der Waals surface area contributed by atoms with E-state index in [1.54, 1.807) is 10.7 Å². The molecule has 4 heteroatoms. The number of rotatable bonds is 2. The molecule has 2 aromatic rings. The van der Waals surface area contributed by atoms with Gasteiger partial charge in [0.1, 0.15) is 0 Å². The van der Waals surface area contributed by atoms with Crippen LogP contribution in [0.25, 0.3) is 11.3 Å². The average molecular weight is 222 g/mol. The zero-order valence-electron chi connectivity index (χ0n) is 9.11. The standard InChI is InChI=1S/C12H12F2N2/c1-8(2)16-6-5-12(15-16)9-3-4-10(13)11(14)7-9/h3-8H,1-2H3. The van der Waals surface area contributed by atoms with E-state index in [0.717, 1.165) is 12.1 Å². The molecule has 84 valence electrons. The fourth-order valence-electron chi connectivity index (χ4n) is 1.44. The van der Waals surface area contributed by atoms with Gasteiger partial charge in [-0.05, 0) is 38.1 Å². The first kappa shape index (κ1) is 10.8. The van der Waals surface area contributed by atoms with Gasteiger partial charge in [-0.2, -0.15) is 5.10 Å². The molecule has 0 spiro atoms. The monoisotopic (exact) mass is 222 g/mol. The van der Waals surface area contributed by atoms with Crippen LogP contribution >= 0.6 is 0 Å². The highest BCUT2D eigenvalue weighted by atomic mass is 19.2. The maximum Gasteiger partial charge on any atom is 0.159 e. The summed E-state index contributed by atoms with van der Waals surface area (Å²) in [6, 6.07) is 5.82. The van der Waals surface area contributed by atoms with Crippen molar-refractivity contribution in [3.63, 3.8) is 0 Å². The molecular formula is C12H12F2N2. The van der Waals surface area contributed by atoms with Crippen molar-refractivity contribution in [3.8, 4) is 11.3 Å². The van der Waals surface area contributed by atoms with Crippen LogP contribution in [-0.2, 0) is 0 Å². The summed E-state index contributed by atoms with van der Waals surface area (Å²) < 4.78 is 27.5. The number of hydrogen-bond acceptors (Lipinski definition) is 1. The molecule has 0 saturated heterocycles. The van der Waals surface area contributed by atoms with Crippen molar-refractivity contribution in [1.29, 1.82) is 0 Å². The molecule has 0 saturated carbocycles. The summed E-state index contributed by atoms with van der Waals surface area (Å²) in [5.74, 6) is -1.69. The third kappa shape index (κ3) is 1.96. The first-order valence-corrected chi connectivity index (χ1v) is 5.08. The van der Waals surface area contributed by atoms with Crippen LogP contribution in [0.2, 0.25) is 0 Å². The van der Waals surface area contributed by atoms with Gasteiger partial charge < -0.3 is 0 Å². The van der Waals surface area contributed by atoms with Crippen LogP contribution in [0, 0.1) is 11.6 Å². The van der Waals surface area contributed by atoms with Gasteiger partial charge in [-0.15, -0.1) is 0 Å². The molecule has 1 aromatic carbocycles. The van der Waals surface area contributed by atoms with Crippen LogP contribution in [0.15, 0.2) is 30.5 Å². The topological polar surface area (TPSA) is 17.8 Å². The quantitative estimate of drug-likeness (QED) is 0.761. The van der Waals surface area contributed by atoms with Crippen molar-refractivity contribution in [3.05, 3.63) is 42.1 Å². The van der Waals surface area contributed by atoms with Crippen molar-refractivity contribution in [2.45, 2.75) is 19.9 Å². The highest BCUT2D eigenvalue weighted by Crippen LogP contribution is 2.20. The van der Waals surface area contributed by atoms with Gasteiger partial charge in [0.25, 0.3) is 0 Å². The molecule has 0 bridgehead atoms. The van der Waals surface area contributed by atoms with E-state index in [2.05, 4.69) is 5.10 Å². The molecule has 0 aliphatic rings. The number of benzene rings is 1. The van der Waals surface area contributed by atoms with Gasteiger partial charge in [-0.1, -0.05) is 0 Å². The summed E-state index contributed by atoms with van der Waals surface area (Å²) in [6.45, 7) is 4.00. The van der Waals surface area contributed by atoms with Gasteiger partial charge >= 0.3 is 0 Å². The predicted molar refractivity (Wildman–Crippen MR) is 58.0 cm³/mol. The van der Waals surface area contributed by atoms with E-state index in [1.807, 2.05) is 20.0 Å². The summed E-state index contributed by atoms with van der Waals surface area (Å²) in [5.41, 5.74) is 1.23. The van der Waals surface area contributed by atoms with Crippen molar-refractivity contribution in [2.75, 3.05) is 0 Å². The van der Waals surface area contributed by atoms with Crippen molar-refractivity contribution in [2.24, 2.45) is 0 Å². The minimum Gasteiger partial charge on any atom is -0.270 e. The first-order chi connectivity index (χ1) is 7.58. The Morgan fingerprint density at radius 1 is 1.12 bits per heavy atom. The molecule has 0 atom stereocenters. The number of aromatic nitrogens is 2. The molecule has 1 heterocycles. The highest BCUT2D eigenvalue weighted by molar-refractivity contribution is 5.58. The van der Waals surface area contributed by atoms with Gasteiger partial charge in [0.05, 0.1) is 5.69 Å². The summed E-state index contributed by atoms with van der Waals surface area (Å²) in [5, 5.41) is 4.28. The van der Waals surface area contributed by atoms with Gasteiger partial charge in [0.2, 0.25) is 0 Å². The molecule has 1 aromatic heterocycles. The second kappa shape index (κ2) is 4.04. The van der Waals surface area contributed by atoms with Crippen LogP contribution in [0.3, 0.4) is 0 Å². The third-order valence-corrected chi connectivity index (χ3v) is 2.35. The number of hydrogen-bond donors (Lipinski definition) is 0. The summed E-state index contributed by atoms with van der Waals surface area (Å²) in [4.78, 5) is 0. The van der Waals surface area contributed by atoms with E-state index in [0.29, 0.717) is 11.3 Å². The van der Waals surface area contributed by atoms with E-state index < -0.39 is 11.6 Å². The lowest BCUT2D eigenvalue weighted by Crippen LogP contribution is -2.00. The van der Waals surface area contributed by atoms with E-state index in [-0.39, 0.29) is 6.04 Å². The molecule has 0 aliphatic carbocycles. The Labute approximate surface area is 92.5 Å². The van der Waals surface area contributed by atoms with E-state index >= 15 is 0 Å². The van der Waals surface area contributed by atoms with Crippen molar-refractivity contribution in [1.82, 2.24) is 9.78 Å². The third-order valence-electron chi connectivity index (χ3n) is 2.35. The van der Waals surface area contributed by atoms with Gasteiger partial charge in [-0.3, -0.25) is 4.68 Å². The molecule has 0 amide bonds. The maximum absolute atomic E-state index is 13.0. The van der Waals surface area contributed by atoms with Crippen LogP contribution in [-0.4, -0.2) is 9.78 Å². The molecule has 0 radical (unpaired) electrons. The molecular weight excluding hydrogens is 210 g/mol. The van der Waals surface area contributed by atoms with E-state index in [1.165, 1.54) is 6.07 Å². The fraction of sp³-hybridized carbons (Fsp3) is 0.250. The largest absolute Gasteiger partial charge is 0.270 e. The Balaban J connectivity index is 2.39. The molecule has 16 heavy (non-hydrogen) atoms. The van der Waals surface area contributed by atoms with Crippen molar-refractivity contribution >= 4 is 0 Å². The number of halogens is 2. The molecule has 0 N–H and O–H groups in total. The molecule has 2 rings (SSSR count). The van der Waals surface area contributed by atoms with Gasteiger partial charge in [-0.25, -0.2) is 8.78 Å². The Bertz CT molecular complexity index is 503. The summed E-state index contributed by atoms with van der Waals surface area (Å²) >= 11 is 0. The van der Waals surface area contributed by atoms with Gasteiger partial charge in [0.15, 0.2) is 11.6 Å².